The minimum absolute atomic E-state index is 0.139. The van der Waals surface area contributed by atoms with Crippen LogP contribution >= 0.6 is 0 Å². The van der Waals surface area contributed by atoms with Gasteiger partial charge >= 0.3 is 0 Å². The second-order valence-corrected chi connectivity index (χ2v) is 4.31. The fraction of sp³-hybridized carbons (Fsp3) is 0.167. The summed E-state index contributed by atoms with van der Waals surface area (Å²) in [4.78, 5) is 11.9. The van der Waals surface area contributed by atoms with Crippen molar-refractivity contribution in [3.63, 3.8) is 0 Å². The quantitative estimate of drug-likeness (QED) is 0.874. The summed E-state index contributed by atoms with van der Waals surface area (Å²) in [5.74, 6) is 6.54. The first-order chi connectivity index (χ1) is 10.3. The van der Waals surface area contributed by atoms with Crippen LogP contribution < -0.4 is 10.1 Å². The van der Waals surface area contributed by atoms with Crippen molar-refractivity contribution in [2.45, 2.75) is 6.92 Å². The zero-order valence-electron chi connectivity index (χ0n) is 11.9. The minimum Gasteiger partial charge on any atom is -0.494 e. The number of hydrogen-bond acceptors (Lipinski definition) is 2. The molecule has 21 heavy (non-hydrogen) atoms. The lowest BCUT2D eigenvalue weighted by atomic mass is 10.2. The first kappa shape index (κ1) is 14.7. The molecule has 106 valence electrons. The maximum Gasteiger partial charge on any atom is 0.252 e. The third kappa shape index (κ3) is 4.70. The van der Waals surface area contributed by atoms with E-state index in [-0.39, 0.29) is 5.91 Å². The van der Waals surface area contributed by atoms with Gasteiger partial charge in [-0.05, 0) is 43.3 Å². The Balaban J connectivity index is 1.86. The maximum absolute atomic E-state index is 11.9. The zero-order valence-corrected chi connectivity index (χ0v) is 11.9. The van der Waals surface area contributed by atoms with Crippen molar-refractivity contribution in [3.05, 3.63) is 65.7 Å². The van der Waals surface area contributed by atoms with Gasteiger partial charge in [0.15, 0.2) is 0 Å². The predicted octanol–water partition coefficient (Wildman–Crippen LogP) is 2.87. The van der Waals surface area contributed by atoms with E-state index in [2.05, 4.69) is 17.2 Å². The van der Waals surface area contributed by atoms with Crippen LogP contribution in [-0.2, 0) is 0 Å². The molecule has 0 atom stereocenters. The lowest BCUT2D eigenvalue weighted by Gasteiger charge is -2.04. The van der Waals surface area contributed by atoms with Crippen LogP contribution in [-0.4, -0.2) is 19.1 Å². The molecule has 3 heteroatoms. The Kier molecular flexibility index (Phi) is 5.42. The summed E-state index contributed by atoms with van der Waals surface area (Å²) in [6.45, 7) is 2.85. The highest BCUT2D eigenvalue weighted by Gasteiger charge is 2.03. The zero-order chi connectivity index (χ0) is 14.9. The monoisotopic (exact) mass is 279 g/mol. The molecule has 0 aliphatic carbocycles. The van der Waals surface area contributed by atoms with Gasteiger partial charge in [0.25, 0.3) is 5.91 Å². The summed E-state index contributed by atoms with van der Waals surface area (Å²) in [5, 5.41) is 2.77. The van der Waals surface area contributed by atoms with Gasteiger partial charge in [0.05, 0.1) is 13.2 Å². The van der Waals surface area contributed by atoms with Gasteiger partial charge in [0.2, 0.25) is 0 Å². The molecule has 0 aromatic heterocycles. The number of carbonyl (C=O) groups excluding carboxylic acids is 1. The van der Waals surface area contributed by atoms with Crippen molar-refractivity contribution in [1.82, 2.24) is 5.32 Å². The number of rotatable bonds is 4. The Morgan fingerprint density at radius 3 is 2.48 bits per heavy atom. The van der Waals surface area contributed by atoms with Gasteiger partial charge < -0.3 is 10.1 Å². The van der Waals surface area contributed by atoms with E-state index in [1.54, 1.807) is 24.3 Å². The number of nitrogens with one attached hydrogen (secondary N) is 1. The molecule has 1 amide bonds. The largest absolute Gasteiger partial charge is 0.494 e. The molecule has 0 saturated heterocycles. The van der Waals surface area contributed by atoms with Crippen molar-refractivity contribution in [1.29, 1.82) is 0 Å². The molecule has 2 aromatic rings. The fourth-order valence-corrected chi connectivity index (χ4v) is 1.76. The Morgan fingerprint density at radius 2 is 1.81 bits per heavy atom. The highest BCUT2D eigenvalue weighted by atomic mass is 16.5. The molecule has 0 radical (unpaired) electrons. The number of amides is 1. The third-order valence-corrected chi connectivity index (χ3v) is 2.77. The van der Waals surface area contributed by atoms with E-state index in [0.717, 1.165) is 11.3 Å². The second-order valence-electron chi connectivity index (χ2n) is 4.31. The molecule has 2 rings (SSSR count). The number of hydrogen-bond donors (Lipinski definition) is 1. The van der Waals surface area contributed by atoms with Gasteiger partial charge in [-0.3, -0.25) is 4.79 Å². The van der Waals surface area contributed by atoms with Crippen molar-refractivity contribution in [2.75, 3.05) is 13.2 Å². The van der Waals surface area contributed by atoms with Crippen LogP contribution in [0.15, 0.2) is 54.6 Å². The normalized spacial score (nSPS) is 9.38. The minimum atomic E-state index is -0.139. The average molecular weight is 279 g/mol. The number of carbonyl (C=O) groups is 1. The Bertz CT molecular complexity index is 636. The molecule has 2 aromatic carbocycles. The molecule has 0 saturated carbocycles. The molecule has 0 fully saturated rings. The van der Waals surface area contributed by atoms with E-state index in [9.17, 15) is 4.79 Å². The van der Waals surface area contributed by atoms with Crippen molar-refractivity contribution < 1.29 is 9.53 Å². The maximum atomic E-state index is 11.9. The summed E-state index contributed by atoms with van der Waals surface area (Å²) in [5.41, 5.74) is 1.53. The SMILES string of the molecule is CCOc1ccc(C(=O)NCC#Cc2ccccc2)cc1. The Labute approximate surface area is 125 Å². The van der Waals surface area contributed by atoms with Crippen molar-refractivity contribution >= 4 is 5.91 Å². The Hall–Kier alpha value is -2.73. The highest BCUT2D eigenvalue weighted by molar-refractivity contribution is 5.94. The molecule has 0 heterocycles. The average Bonchev–Trinajstić information content (AvgIpc) is 2.53. The van der Waals surface area contributed by atoms with E-state index in [4.69, 9.17) is 4.74 Å². The van der Waals surface area contributed by atoms with Crippen LogP contribution in [0.4, 0.5) is 0 Å². The van der Waals surface area contributed by atoms with Gasteiger partial charge in [-0.15, -0.1) is 0 Å². The molecule has 0 unspecified atom stereocenters. The standard InChI is InChI=1S/C18H17NO2/c1-2-21-17-12-10-16(11-13-17)18(20)19-14-6-9-15-7-4-3-5-8-15/h3-5,7-8,10-13H,2,14H2,1H3,(H,19,20). The smallest absolute Gasteiger partial charge is 0.252 e. The van der Waals surface area contributed by atoms with Crippen LogP contribution in [0.3, 0.4) is 0 Å². The molecule has 1 N–H and O–H groups in total. The fourth-order valence-electron chi connectivity index (χ4n) is 1.76. The summed E-state index contributed by atoms with van der Waals surface area (Å²) < 4.78 is 5.33. The number of ether oxygens (including phenoxy) is 1. The summed E-state index contributed by atoms with van der Waals surface area (Å²) in [7, 11) is 0. The molecule has 0 aliphatic rings. The van der Waals surface area contributed by atoms with Crippen LogP contribution in [0.1, 0.15) is 22.8 Å². The molecular weight excluding hydrogens is 262 g/mol. The van der Waals surface area contributed by atoms with E-state index in [1.807, 2.05) is 37.3 Å². The van der Waals surface area contributed by atoms with Crippen LogP contribution in [0.25, 0.3) is 0 Å². The van der Waals surface area contributed by atoms with Crippen LogP contribution in [0.2, 0.25) is 0 Å². The van der Waals surface area contributed by atoms with Crippen molar-refractivity contribution in [3.8, 4) is 17.6 Å². The lowest BCUT2D eigenvalue weighted by molar-refractivity contribution is 0.0958. The van der Waals surface area contributed by atoms with Gasteiger partial charge in [0, 0.05) is 11.1 Å². The topological polar surface area (TPSA) is 38.3 Å². The highest BCUT2D eigenvalue weighted by Crippen LogP contribution is 2.11. The molecular formula is C18H17NO2. The third-order valence-electron chi connectivity index (χ3n) is 2.77. The van der Waals surface area contributed by atoms with Gasteiger partial charge in [-0.25, -0.2) is 0 Å². The van der Waals surface area contributed by atoms with E-state index in [0.29, 0.717) is 18.7 Å². The van der Waals surface area contributed by atoms with E-state index >= 15 is 0 Å². The summed E-state index contributed by atoms with van der Waals surface area (Å²) in [6.07, 6.45) is 0. The lowest BCUT2D eigenvalue weighted by Crippen LogP contribution is -2.23. The molecule has 0 aliphatic heterocycles. The first-order valence-electron chi connectivity index (χ1n) is 6.84. The van der Waals surface area contributed by atoms with Gasteiger partial charge in [-0.1, -0.05) is 30.0 Å². The van der Waals surface area contributed by atoms with Gasteiger partial charge in [-0.2, -0.15) is 0 Å². The van der Waals surface area contributed by atoms with Gasteiger partial charge in [0.1, 0.15) is 5.75 Å². The number of benzene rings is 2. The molecule has 3 nitrogen and oxygen atoms in total. The molecule has 0 bridgehead atoms. The van der Waals surface area contributed by atoms with Crippen LogP contribution in [0.5, 0.6) is 5.75 Å². The van der Waals surface area contributed by atoms with Crippen molar-refractivity contribution in [2.24, 2.45) is 0 Å². The first-order valence-corrected chi connectivity index (χ1v) is 6.84. The summed E-state index contributed by atoms with van der Waals surface area (Å²) >= 11 is 0. The van der Waals surface area contributed by atoms with Crippen LogP contribution in [0, 0.1) is 11.8 Å². The van der Waals surface area contributed by atoms with E-state index in [1.165, 1.54) is 0 Å². The summed E-state index contributed by atoms with van der Waals surface area (Å²) in [6, 6.07) is 16.7. The predicted molar refractivity (Wildman–Crippen MR) is 83.3 cm³/mol. The Morgan fingerprint density at radius 1 is 1.10 bits per heavy atom. The second kappa shape index (κ2) is 7.76. The van der Waals surface area contributed by atoms with E-state index < -0.39 is 0 Å². The molecule has 0 spiro atoms.